The lowest BCUT2D eigenvalue weighted by atomic mass is 9.65. The molecule has 14 rings (SSSR count). The summed E-state index contributed by atoms with van der Waals surface area (Å²) in [5.41, 5.74) is 22.2. The highest BCUT2D eigenvalue weighted by Gasteiger charge is 2.50. The first kappa shape index (κ1) is 35.6. The summed E-state index contributed by atoms with van der Waals surface area (Å²) >= 11 is 0. The SMILES string of the molecule is CC1(C)c2ccccc2-c2ccc(N(c3ccc4c(c3)C3(c5ccccc5-c5ccccc5-4)c4ccccc4-c4c3ccc3ccccc43)c3cccc4c3oc3ccccc34)cc21. The smallest absolute Gasteiger partial charge is 0.159 e. The van der Waals surface area contributed by atoms with Crippen molar-refractivity contribution in [3.05, 3.63) is 246 Å². The molecule has 300 valence electrons. The number of para-hydroxylation sites is 2. The van der Waals surface area contributed by atoms with Gasteiger partial charge in [-0.25, -0.2) is 0 Å². The van der Waals surface area contributed by atoms with Crippen LogP contribution in [0, 0.1) is 0 Å². The van der Waals surface area contributed by atoms with Gasteiger partial charge in [-0.15, -0.1) is 0 Å². The molecule has 2 nitrogen and oxygen atoms in total. The molecular formula is C62H41NO. The van der Waals surface area contributed by atoms with Crippen LogP contribution in [-0.4, -0.2) is 0 Å². The van der Waals surface area contributed by atoms with Gasteiger partial charge in [-0.05, 0) is 125 Å². The van der Waals surface area contributed by atoms with Crippen LogP contribution in [0.1, 0.15) is 47.2 Å². The highest BCUT2D eigenvalue weighted by atomic mass is 16.3. The van der Waals surface area contributed by atoms with E-state index in [0.29, 0.717) is 0 Å². The monoisotopic (exact) mass is 815 g/mol. The number of fused-ring (bicyclic) bond motifs is 20. The summed E-state index contributed by atoms with van der Waals surface area (Å²) < 4.78 is 6.90. The lowest BCUT2D eigenvalue weighted by molar-refractivity contribution is 0.660. The van der Waals surface area contributed by atoms with Gasteiger partial charge in [0.15, 0.2) is 5.58 Å². The lowest BCUT2D eigenvalue weighted by Gasteiger charge is -2.36. The molecule has 1 heterocycles. The summed E-state index contributed by atoms with van der Waals surface area (Å²) in [5.74, 6) is 0. The van der Waals surface area contributed by atoms with Gasteiger partial charge in [-0.1, -0.05) is 190 Å². The van der Waals surface area contributed by atoms with Crippen molar-refractivity contribution in [2.24, 2.45) is 0 Å². The fourth-order valence-electron chi connectivity index (χ4n) is 12.2. The van der Waals surface area contributed by atoms with Gasteiger partial charge < -0.3 is 9.32 Å². The standard InChI is InChI=1S/C62H41NO/c1-61(2)51-25-11-7-21-45(51)47-34-32-39(36-55(47)61)63(57-28-15-24-49-48-22-10-14-29-58(48)64-60(49)57)40-31-33-46-43-19-6-5-18-42(43)44-20-8-12-26-52(44)62(56(46)37-40)53-27-13-9-23-50(53)59-41-17-4-3-16-38(41)30-35-54(59)62/h3-37H,1-2H3. The molecule has 11 aromatic rings. The minimum absolute atomic E-state index is 0.176. The van der Waals surface area contributed by atoms with Gasteiger partial charge >= 0.3 is 0 Å². The van der Waals surface area contributed by atoms with Gasteiger partial charge in [0, 0.05) is 27.6 Å². The van der Waals surface area contributed by atoms with E-state index in [1.807, 2.05) is 0 Å². The van der Waals surface area contributed by atoms with Gasteiger partial charge in [0.25, 0.3) is 0 Å². The van der Waals surface area contributed by atoms with Crippen molar-refractivity contribution in [1.29, 1.82) is 0 Å². The number of furan rings is 1. The van der Waals surface area contributed by atoms with E-state index in [1.165, 1.54) is 88.7 Å². The minimum Gasteiger partial charge on any atom is -0.454 e. The van der Waals surface area contributed by atoms with E-state index in [1.54, 1.807) is 0 Å². The molecule has 3 aliphatic carbocycles. The zero-order valence-corrected chi connectivity index (χ0v) is 35.6. The average molecular weight is 816 g/mol. The van der Waals surface area contributed by atoms with E-state index < -0.39 is 5.41 Å². The highest BCUT2D eigenvalue weighted by Crippen LogP contribution is 2.63. The number of anilines is 3. The Labute approximate surface area is 372 Å². The average Bonchev–Trinajstić information content (AvgIpc) is 3.93. The fourth-order valence-corrected chi connectivity index (χ4v) is 12.2. The molecule has 1 atom stereocenters. The zero-order chi connectivity index (χ0) is 42.3. The Hall–Kier alpha value is -7.94. The number of hydrogen-bond donors (Lipinski definition) is 0. The van der Waals surface area contributed by atoms with E-state index in [-0.39, 0.29) is 5.41 Å². The Morgan fingerprint density at radius 1 is 0.359 bits per heavy atom. The maximum absolute atomic E-state index is 6.90. The first-order valence-electron chi connectivity index (χ1n) is 22.4. The number of hydrogen-bond acceptors (Lipinski definition) is 2. The molecule has 3 aliphatic rings. The molecule has 0 radical (unpaired) electrons. The molecule has 64 heavy (non-hydrogen) atoms. The summed E-state index contributed by atoms with van der Waals surface area (Å²) in [6, 6.07) is 79.3. The summed E-state index contributed by atoms with van der Waals surface area (Å²) in [6.45, 7) is 4.73. The van der Waals surface area contributed by atoms with Crippen molar-refractivity contribution in [2.45, 2.75) is 24.7 Å². The maximum Gasteiger partial charge on any atom is 0.159 e. The normalized spacial score (nSPS) is 15.8. The second kappa shape index (κ2) is 12.8. The van der Waals surface area contributed by atoms with Gasteiger partial charge in [0.2, 0.25) is 0 Å². The zero-order valence-electron chi connectivity index (χ0n) is 35.6. The Balaban J connectivity index is 1.12. The number of rotatable bonds is 3. The molecule has 0 fully saturated rings. The predicted octanol–water partition coefficient (Wildman–Crippen LogP) is 16.5. The highest BCUT2D eigenvalue weighted by molar-refractivity contribution is 6.11. The Morgan fingerprint density at radius 2 is 0.891 bits per heavy atom. The largest absolute Gasteiger partial charge is 0.454 e. The molecule has 0 N–H and O–H groups in total. The van der Waals surface area contributed by atoms with Crippen LogP contribution in [0.15, 0.2) is 217 Å². The molecule has 0 bridgehead atoms. The summed E-state index contributed by atoms with van der Waals surface area (Å²) in [6.07, 6.45) is 0. The molecule has 10 aromatic carbocycles. The van der Waals surface area contributed by atoms with Crippen LogP contribution >= 0.6 is 0 Å². The first-order valence-corrected chi connectivity index (χ1v) is 22.4. The summed E-state index contributed by atoms with van der Waals surface area (Å²) in [5, 5.41) is 4.75. The molecule has 1 aromatic heterocycles. The van der Waals surface area contributed by atoms with Crippen molar-refractivity contribution in [2.75, 3.05) is 4.90 Å². The van der Waals surface area contributed by atoms with Gasteiger partial charge in [-0.2, -0.15) is 0 Å². The van der Waals surface area contributed by atoms with Crippen LogP contribution in [0.25, 0.3) is 77.2 Å². The maximum atomic E-state index is 6.90. The summed E-state index contributed by atoms with van der Waals surface area (Å²) in [4.78, 5) is 2.46. The van der Waals surface area contributed by atoms with Crippen LogP contribution in [0.4, 0.5) is 17.1 Å². The summed E-state index contributed by atoms with van der Waals surface area (Å²) in [7, 11) is 0. The first-order chi connectivity index (χ1) is 31.5. The molecule has 0 amide bonds. The third kappa shape index (κ3) is 4.54. The van der Waals surface area contributed by atoms with Crippen molar-refractivity contribution in [3.63, 3.8) is 0 Å². The molecule has 0 aliphatic heterocycles. The third-order valence-electron chi connectivity index (χ3n) is 14.9. The predicted molar refractivity (Wildman–Crippen MR) is 265 cm³/mol. The van der Waals surface area contributed by atoms with Gasteiger partial charge in [0.05, 0.1) is 11.1 Å². The molecule has 0 saturated carbocycles. The molecule has 2 heteroatoms. The minimum atomic E-state index is -0.643. The number of benzene rings is 10. The fraction of sp³-hybridized carbons (Fsp3) is 0.0645. The van der Waals surface area contributed by atoms with E-state index in [9.17, 15) is 0 Å². The van der Waals surface area contributed by atoms with Crippen LogP contribution in [-0.2, 0) is 10.8 Å². The van der Waals surface area contributed by atoms with E-state index in [2.05, 4.69) is 231 Å². The van der Waals surface area contributed by atoms with Crippen LogP contribution in [0.3, 0.4) is 0 Å². The van der Waals surface area contributed by atoms with E-state index in [4.69, 9.17) is 4.42 Å². The Kier molecular flexibility index (Phi) is 7.13. The van der Waals surface area contributed by atoms with Crippen molar-refractivity contribution < 1.29 is 4.42 Å². The quantitative estimate of drug-likeness (QED) is 0.177. The van der Waals surface area contributed by atoms with Gasteiger partial charge in [0.1, 0.15) is 5.58 Å². The second-order valence-corrected chi connectivity index (χ2v) is 18.3. The van der Waals surface area contributed by atoms with Gasteiger partial charge in [-0.3, -0.25) is 0 Å². The van der Waals surface area contributed by atoms with Crippen LogP contribution < -0.4 is 4.90 Å². The van der Waals surface area contributed by atoms with E-state index in [0.717, 1.165) is 39.0 Å². The van der Waals surface area contributed by atoms with Crippen molar-refractivity contribution in [3.8, 4) is 44.5 Å². The lowest BCUT2D eigenvalue weighted by Crippen LogP contribution is -2.29. The topological polar surface area (TPSA) is 16.4 Å². The molecule has 0 saturated heterocycles. The Bertz CT molecular complexity index is 3790. The third-order valence-corrected chi connectivity index (χ3v) is 14.9. The number of nitrogens with zero attached hydrogens (tertiary/aromatic N) is 1. The van der Waals surface area contributed by atoms with Crippen molar-refractivity contribution in [1.82, 2.24) is 0 Å². The van der Waals surface area contributed by atoms with Crippen LogP contribution in [0.2, 0.25) is 0 Å². The second-order valence-electron chi connectivity index (χ2n) is 18.3. The molecular weight excluding hydrogens is 775 g/mol. The van der Waals surface area contributed by atoms with Crippen LogP contribution in [0.5, 0.6) is 0 Å². The molecule has 1 unspecified atom stereocenters. The van der Waals surface area contributed by atoms with E-state index >= 15 is 0 Å². The van der Waals surface area contributed by atoms with Crippen molar-refractivity contribution >= 4 is 49.8 Å². The molecule has 1 spiro atoms. The Morgan fingerprint density at radius 3 is 1.64 bits per heavy atom.